The summed E-state index contributed by atoms with van der Waals surface area (Å²) in [6.45, 7) is 5.31. The van der Waals surface area contributed by atoms with Gasteiger partial charge < -0.3 is 10.2 Å². The van der Waals surface area contributed by atoms with Gasteiger partial charge in [-0.05, 0) is 25.8 Å². The SMILES string of the molecule is CNCc1cnc(N2CCCC(C)C2)cn1. The van der Waals surface area contributed by atoms with Gasteiger partial charge in [0.05, 0.1) is 18.1 Å². The van der Waals surface area contributed by atoms with Crippen LogP contribution in [0, 0.1) is 5.92 Å². The lowest BCUT2D eigenvalue weighted by Gasteiger charge is -2.31. The molecule has 0 bridgehead atoms. The first kappa shape index (κ1) is 11.3. The van der Waals surface area contributed by atoms with E-state index in [1.807, 2.05) is 19.4 Å². The minimum atomic E-state index is 0.771. The predicted octanol–water partition coefficient (Wildman–Crippen LogP) is 1.43. The molecular formula is C12H20N4. The van der Waals surface area contributed by atoms with Crippen molar-refractivity contribution in [1.29, 1.82) is 0 Å². The second kappa shape index (κ2) is 5.25. The summed E-state index contributed by atoms with van der Waals surface area (Å²) in [6.07, 6.45) is 6.36. The Kier molecular flexibility index (Phi) is 3.72. The highest BCUT2D eigenvalue weighted by Crippen LogP contribution is 2.20. The maximum atomic E-state index is 4.48. The summed E-state index contributed by atoms with van der Waals surface area (Å²) < 4.78 is 0. The summed E-state index contributed by atoms with van der Waals surface area (Å²) in [4.78, 5) is 11.2. The molecule has 1 aromatic heterocycles. The van der Waals surface area contributed by atoms with E-state index in [9.17, 15) is 0 Å². The smallest absolute Gasteiger partial charge is 0.147 e. The summed E-state index contributed by atoms with van der Waals surface area (Å²) in [5.74, 6) is 1.79. The lowest BCUT2D eigenvalue weighted by atomic mass is 10.0. The number of hydrogen-bond acceptors (Lipinski definition) is 4. The molecule has 1 fully saturated rings. The van der Waals surface area contributed by atoms with Crippen LogP contribution in [0.4, 0.5) is 5.82 Å². The minimum Gasteiger partial charge on any atom is -0.355 e. The molecule has 0 aromatic carbocycles. The molecule has 1 unspecified atom stereocenters. The van der Waals surface area contributed by atoms with E-state index < -0.39 is 0 Å². The van der Waals surface area contributed by atoms with Gasteiger partial charge in [-0.25, -0.2) is 4.98 Å². The third-order valence-corrected chi connectivity index (χ3v) is 3.03. The minimum absolute atomic E-state index is 0.771. The van der Waals surface area contributed by atoms with E-state index in [-0.39, 0.29) is 0 Å². The molecule has 4 nitrogen and oxygen atoms in total. The van der Waals surface area contributed by atoms with Gasteiger partial charge >= 0.3 is 0 Å². The highest BCUT2D eigenvalue weighted by Gasteiger charge is 2.17. The third-order valence-electron chi connectivity index (χ3n) is 3.03. The molecule has 1 atom stereocenters. The molecule has 1 aliphatic heterocycles. The molecule has 16 heavy (non-hydrogen) atoms. The molecule has 2 rings (SSSR count). The molecule has 4 heteroatoms. The van der Waals surface area contributed by atoms with E-state index in [0.717, 1.165) is 37.1 Å². The van der Waals surface area contributed by atoms with Gasteiger partial charge in [-0.3, -0.25) is 4.98 Å². The lowest BCUT2D eigenvalue weighted by molar-refractivity contribution is 0.444. The first-order valence-electron chi connectivity index (χ1n) is 6.00. The highest BCUT2D eigenvalue weighted by atomic mass is 15.2. The number of piperidine rings is 1. The molecule has 0 radical (unpaired) electrons. The molecule has 2 heterocycles. The Labute approximate surface area is 97.1 Å². The predicted molar refractivity (Wildman–Crippen MR) is 65.4 cm³/mol. The quantitative estimate of drug-likeness (QED) is 0.836. The van der Waals surface area contributed by atoms with Crippen LogP contribution in [0.2, 0.25) is 0 Å². The van der Waals surface area contributed by atoms with Crippen molar-refractivity contribution in [3.63, 3.8) is 0 Å². The van der Waals surface area contributed by atoms with Crippen molar-refractivity contribution in [3.8, 4) is 0 Å². The van der Waals surface area contributed by atoms with Gasteiger partial charge in [-0.1, -0.05) is 6.92 Å². The number of nitrogens with zero attached hydrogens (tertiary/aromatic N) is 3. The Morgan fingerprint density at radius 3 is 2.94 bits per heavy atom. The Morgan fingerprint density at radius 1 is 1.44 bits per heavy atom. The number of aromatic nitrogens is 2. The van der Waals surface area contributed by atoms with Gasteiger partial charge in [0.25, 0.3) is 0 Å². The molecule has 0 spiro atoms. The van der Waals surface area contributed by atoms with E-state index in [2.05, 4.69) is 27.1 Å². The molecule has 1 saturated heterocycles. The Morgan fingerprint density at radius 2 is 2.31 bits per heavy atom. The van der Waals surface area contributed by atoms with Gasteiger partial charge in [0.15, 0.2) is 0 Å². The van der Waals surface area contributed by atoms with Crippen molar-refractivity contribution in [2.75, 3.05) is 25.0 Å². The van der Waals surface area contributed by atoms with Crippen LogP contribution in [-0.4, -0.2) is 30.1 Å². The lowest BCUT2D eigenvalue weighted by Crippen LogP contribution is -2.34. The van der Waals surface area contributed by atoms with Crippen LogP contribution in [-0.2, 0) is 6.54 Å². The fourth-order valence-electron chi connectivity index (χ4n) is 2.18. The van der Waals surface area contributed by atoms with Crippen molar-refractivity contribution in [3.05, 3.63) is 18.1 Å². The standard InChI is InChI=1S/C12H20N4/c1-10-4-3-5-16(9-10)12-8-14-11(6-13-2)7-15-12/h7-8,10,13H,3-6,9H2,1-2H3. The van der Waals surface area contributed by atoms with E-state index in [4.69, 9.17) is 0 Å². The maximum Gasteiger partial charge on any atom is 0.147 e. The Bertz CT molecular complexity index is 322. The van der Waals surface area contributed by atoms with Crippen molar-refractivity contribution < 1.29 is 0 Å². The number of anilines is 1. The summed E-state index contributed by atoms with van der Waals surface area (Å²) in [6, 6.07) is 0. The summed E-state index contributed by atoms with van der Waals surface area (Å²) >= 11 is 0. The van der Waals surface area contributed by atoms with Gasteiger partial charge in [0.2, 0.25) is 0 Å². The average Bonchev–Trinajstić information content (AvgIpc) is 2.30. The Balaban J connectivity index is 2.03. The molecule has 88 valence electrons. The summed E-state index contributed by atoms with van der Waals surface area (Å²) in [7, 11) is 1.92. The van der Waals surface area contributed by atoms with Crippen LogP contribution >= 0.6 is 0 Å². The van der Waals surface area contributed by atoms with Crippen molar-refractivity contribution in [2.45, 2.75) is 26.3 Å². The highest BCUT2D eigenvalue weighted by molar-refractivity contribution is 5.36. The van der Waals surface area contributed by atoms with Gasteiger partial charge in [0.1, 0.15) is 5.82 Å². The summed E-state index contributed by atoms with van der Waals surface area (Å²) in [5.41, 5.74) is 0.997. The monoisotopic (exact) mass is 220 g/mol. The molecule has 0 aliphatic carbocycles. The van der Waals surface area contributed by atoms with Gasteiger partial charge in [0, 0.05) is 19.6 Å². The molecule has 1 N–H and O–H groups in total. The topological polar surface area (TPSA) is 41.1 Å². The number of nitrogens with one attached hydrogen (secondary N) is 1. The molecule has 1 aromatic rings. The van der Waals surface area contributed by atoms with E-state index >= 15 is 0 Å². The first-order chi connectivity index (χ1) is 7.79. The second-order valence-electron chi connectivity index (χ2n) is 4.59. The number of hydrogen-bond donors (Lipinski definition) is 1. The zero-order valence-electron chi connectivity index (χ0n) is 10.1. The average molecular weight is 220 g/mol. The zero-order valence-corrected chi connectivity index (χ0v) is 10.1. The van der Waals surface area contributed by atoms with Gasteiger partial charge in [-0.15, -0.1) is 0 Å². The largest absolute Gasteiger partial charge is 0.355 e. The fraction of sp³-hybridized carbons (Fsp3) is 0.667. The van der Waals surface area contributed by atoms with Crippen molar-refractivity contribution >= 4 is 5.82 Å². The molecule has 0 amide bonds. The van der Waals surface area contributed by atoms with Crippen LogP contribution in [0.15, 0.2) is 12.4 Å². The van der Waals surface area contributed by atoms with Gasteiger partial charge in [-0.2, -0.15) is 0 Å². The third kappa shape index (κ3) is 2.70. The van der Waals surface area contributed by atoms with E-state index in [0.29, 0.717) is 0 Å². The maximum absolute atomic E-state index is 4.48. The molecular weight excluding hydrogens is 200 g/mol. The molecule has 1 aliphatic rings. The Hall–Kier alpha value is -1.16. The normalized spacial score (nSPS) is 21.1. The van der Waals surface area contributed by atoms with E-state index in [1.54, 1.807) is 0 Å². The first-order valence-corrected chi connectivity index (χ1v) is 6.00. The fourth-order valence-corrected chi connectivity index (χ4v) is 2.18. The van der Waals surface area contributed by atoms with Crippen LogP contribution in [0.3, 0.4) is 0 Å². The van der Waals surface area contributed by atoms with Crippen LogP contribution in [0.1, 0.15) is 25.5 Å². The van der Waals surface area contributed by atoms with Crippen LogP contribution < -0.4 is 10.2 Å². The van der Waals surface area contributed by atoms with Crippen LogP contribution in [0.5, 0.6) is 0 Å². The van der Waals surface area contributed by atoms with Crippen LogP contribution in [0.25, 0.3) is 0 Å². The van der Waals surface area contributed by atoms with E-state index in [1.165, 1.54) is 12.8 Å². The zero-order chi connectivity index (χ0) is 11.4. The number of rotatable bonds is 3. The second-order valence-corrected chi connectivity index (χ2v) is 4.59. The van der Waals surface area contributed by atoms with Crippen molar-refractivity contribution in [1.82, 2.24) is 15.3 Å². The van der Waals surface area contributed by atoms with Crippen molar-refractivity contribution in [2.24, 2.45) is 5.92 Å². The molecule has 0 saturated carbocycles. The summed E-state index contributed by atoms with van der Waals surface area (Å²) in [5, 5.41) is 3.07.